The van der Waals surface area contributed by atoms with Crippen molar-refractivity contribution in [2.24, 2.45) is 0 Å². The fourth-order valence-corrected chi connectivity index (χ4v) is 2.65. The van der Waals surface area contributed by atoms with Gasteiger partial charge in [-0.25, -0.2) is 4.79 Å². The smallest absolute Gasteiger partial charge is 0.330 e. The molecule has 3 rings (SSSR count). The zero-order chi connectivity index (χ0) is 14.7. The molecule has 4 atom stereocenters. The van der Waals surface area contributed by atoms with E-state index in [2.05, 4.69) is 0 Å². The van der Waals surface area contributed by atoms with Crippen LogP contribution in [0.25, 0.3) is 0 Å². The average Bonchev–Trinajstić information content (AvgIpc) is 2.80. The van der Waals surface area contributed by atoms with Crippen molar-refractivity contribution in [3.8, 4) is 0 Å². The van der Waals surface area contributed by atoms with Gasteiger partial charge in [0.25, 0.3) is 5.56 Å². The molecule has 0 aliphatic carbocycles. The summed E-state index contributed by atoms with van der Waals surface area (Å²) in [6, 6.07) is 0. The lowest BCUT2D eigenvalue weighted by molar-refractivity contribution is -0.195. The van der Waals surface area contributed by atoms with Crippen molar-refractivity contribution in [2.45, 2.75) is 51.1 Å². The zero-order valence-corrected chi connectivity index (χ0v) is 11.3. The number of rotatable bonds is 1. The van der Waals surface area contributed by atoms with Crippen LogP contribution in [0.2, 0.25) is 0 Å². The van der Waals surface area contributed by atoms with Crippen molar-refractivity contribution in [3.63, 3.8) is 0 Å². The highest BCUT2D eigenvalue weighted by atomic mass is 19.1. The number of nitrogens with one attached hydrogen (secondary N) is 1. The molecule has 2 fully saturated rings. The van der Waals surface area contributed by atoms with Crippen molar-refractivity contribution in [1.29, 1.82) is 0 Å². The molecular formula is C12H15FN2O5. The number of halogens is 1. The summed E-state index contributed by atoms with van der Waals surface area (Å²) in [4.78, 5) is 24.8. The normalized spacial score (nSPS) is 35.2. The highest BCUT2D eigenvalue weighted by molar-refractivity contribution is 4.98. The minimum atomic E-state index is -1.06. The molecule has 1 aromatic rings. The predicted octanol–water partition coefficient (Wildman–Crippen LogP) is 0.113. The molecule has 7 nitrogen and oxygen atoms in total. The summed E-state index contributed by atoms with van der Waals surface area (Å²) in [5.41, 5.74) is -1.81. The van der Waals surface area contributed by atoms with Crippen LogP contribution in [0.4, 0.5) is 4.39 Å². The second-order valence-corrected chi connectivity index (χ2v) is 5.44. The van der Waals surface area contributed by atoms with Crippen LogP contribution in [0.3, 0.4) is 0 Å². The molecule has 2 saturated heterocycles. The Balaban J connectivity index is 2.01. The van der Waals surface area contributed by atoms with Crippen molar-refractivity contribution in [2.75, 3.05) is 0 Å². The summed E-state index contributed by atoms with van der Waals surface area (Å²) >= 11 is 0. The van der Waals surface area contributed by atoms with Crippen LogP contribution in [0.5, 0.6) is 0 Å². The first kappa shape index (κ1) is 13.5. The van der Waals surface area contributed by atoms with Crippen molar-refractivity contribution < 1.29 is 18.6 Å². The number of nitrogens with zero attached hydrogens (tertiary/aromatic N) is 1. The molecule has 110 valence electrons. The molecule has 2 aliphatic rings. The Morgan fingerprint density at radius 2 is 1.95 bits per heavy atom. The van der Waals surface area contributed by atoms with E-state index < -0.39 is 35.2 Å². The molecule has 8 heteroatoms. The Labute approximate surface area is 113 Å². The predicted molar refractivity (Wildman–Crippen MR) is 64.7 cm³/mol. The Kier molecular flexibility index (Phi) is 2.86. The number of aromatic amines is 1. The van der Waals surface area contributed by atoms with Crippen LogP contribution < -0.4 is 11.2 Å². The lowest BCUT2D eigenvalue weighted by atomic mass is 10.1. The molecule has 0 spiro atoms. The number of fused-ring (bicyclic) bond motifs is 1. The van der Waals surface area contributed by atoms with Gasteiger partial charge in [-0.1, -0.05) is 0 Å². The molecule has 1 unspecified atom stereocenters. The molecule has 0 amide bonds. The van der Waals surface area contributed by atoms with Gasteiger partial charge in [-0.3, -0.25) is 14.3 Å². The van der Waals surface area contributed by atoms with Crippen LogP contribution in [-0.2, 0) is 14.2 Å². The molecule has 0 bridgehead atoms. The van der Waals surface area contributed by atoms with E-state index in [0.717, 1.165) is 10.8 Å². The van der Waals surface area contributed by atoms with Gasteiger partial charge in [0.1, 0.15) is 12.2 Å². The van der Waals surface area contributed by atoms with Crippen molar-refractivity contribution >= 4 is 0 Å². The first-order chi connectivity index (χ1) is 9.28. The summed E-state index contributed by atoms with van der Waals surface area (Å²) in [5.74, 6) is -1.85. The maximum absolute atomic E-state index is 13.4. The molecule has 1 aromatic heterocycles. The van der Waals surface area contributed by atoms with E-state index in [9.17, 15) is 14.0 Å². The van der Waals surface area contributed by atoms with Crippen LogP contribution in [0.1, 0.15) is 27.0 Å². The fraction of sp³-hybridized carbons (Fsp3) is 0.667. The highest BCUT2D eigenvalue weighted by Gasteiger charge is 2.54. The number of hydrogen-bond acceptors (Lipinski definition) is 5. The van der Waals surface area contributed by atoms with Gasteiger partial charge >= 0.3 is 5.69 Å². The van der Waals surface area contributed by atoms with E-state index in [4.69, 9.17) is 14.2 Å². The van der Waals surface area contributed by atoms with Crippen LogP contribution >= 0.6 is 0 Å². The largest absolute Gasteiger partial charge is 0.349 e. The van der Waals surface area contributed by atoms with Gasteiger partial charge in [0, 0.05) is 0 Å². The van der Waals surface area contributed by atoms with Gasteiger partial charge in [0.15, 0.2) is 12.0 Å². The summed E-state index contributed by atoms with van der Waals surface area (Å²) < 4.78 is 31.4. The maximum atomic E-state index is 13.4. The monoisotopic (exact) mass is 286 g/mol. The lowest BCUT2D eigenvalue weighted by Gasteiger charge is -2.23. The van der Waals surface area contributed by atoms with Gasteiger partial charge in [0.2, 0.25) is 5.82 Å². The third-order valence-electron chi connectivity index (χ3n) is 3.46. The van der Waals surface area contributed by atoms with Gasteiger partial charge in [-0.2, -0.15) is 4.39 Å². The van der Waals surface area contributed by atoms with Gasteiger partial charge in [-0.05, 0) is 20.8 Å². The van der Waals surface area contributed by atoms with Crippen molar-refractivity contribution in [1.82, 2.24) is 9.55 Å². The summed E-state index contributed by atoms with van der Waals surface area (Å²) in [7, 11) is 0. The minimum Gasteiger partial charge on any atom is -0.349 e. The number of aromatic nitrogens is 2. The summed E-state index contributed by atoms with van der Waals surface area (Å²) in [6.45, 7) is 5.30. The molecule has 0 radical (unpaired) electrons. The number of H-pyrrole nitrogens is 1. The van der Waals surface area contributed by atoms with E-state index in [1.165, 1.54) is 0 Å². The first-order valence-electron chi connectivity index (χ1n) is 6.30. The van der Waals surface area contributed by atoms with Gasteiger partial charge < -0.3 is 14.2 Å². The molecule has 20 heavy (non-hydrogen) atoms. The van der Waals surface area contributed by atoms with Crippen molar-refractivity contribution in [3.05, 3.63) is 32.9 Å². The second kappa shape index (κ2) is 4.24. The molecule has 1 N–H and O–H groups in total. The fourth-order valence-electron chi connectivity index (χ4n) is 2.65. The lowest BCUT2D eigenvalue weighted by Crippen LogP contribution is -2.38. The first-order valence-corrected chi connectivity index (χ1v) is 6.30. The quantitative estimate of drug-likeness (QED) is 0.792. The highest BCUT2D eigenvalue weighted by Crippen LogP contribution is 2.42. The third-order valence-corrected chi connectivity index (χ3v) is 3.46. The summed E-state index contributed by atoms with van der Waals surface area (Å²) in [5, 5.41) is 0. The molecular weight excluding hydrogens is 271 g/mol. The van der Waals surface area contributed by atoms with E-state index in [-0.39, 0.29) is 12.2 Å². The minimum absolute atomic E-state index is 0.311. The Morgan fingerprint density at radius 3 is 2.65 bits per heavy atom. The van der Waals surface area contributed by atoms with E-state index in [1.54, 1.807) is 20.8 Å². The second-order valence-electron chi connectivity index (χ2n) is 5.44. The van der Waals surface area contributed by atoms with Crippen LogP contribution in [0.15, 0.2) is 15.8 Å². The van der Waals surface area contributed by atoms with E-state index in [1.807, 2.05) is 4.98 Å². The Bertz CT molecular complexity index is 652. The standard InChI is InChI=1S/C12H15FN2O5/c1-5-7-8(20-12(2,3)19-7)10(18-5)15-4-6(13)9(16)14-11(15)17/h4-5,7-8,10H,1-3H3,(H,14,16,17)/t5-,7+,8?,10-/m1/s1. The zero-order valence-electron chi connectivity index (χ0n) is 11.3. The maximum Gasteiger partial charge on any atom is 0.330 e. The van der Waals surface area contributed by atoms with Crippen LogP contribution in [0, 0.1) is 5.82 Å². The third kappa shape index (κ3) is 2.00. The summed E-state index contributed by atoms with van der Waals surface area (Å²) in [6.07, 6.45) is -1.21. The van der Waals surface area contributed by atoms with Gasteiger partial charge in [-0.15, -0.1) is 0 Å². The molecule has 2 aliphatic heterocycles. The Morgan fingerprint density at radius 1 is 1.30 bits per heavy atom. The van der Waals surface area contributed by atoms with E-state index in [0.29, 0.717) is 0 Å². The average molecular weight is 286 g/mol. The SMILES string of the molecule is C[C@H]1O[C@@H](n2cc(F)c(=O)[nH]c2=O)C2OC(C)(C)O[C@H]21. The van der Waals surface area contributed by atoms with Gasteiger partial charge in [0.05, 0.1) is 12.3 Å². The topological polar surface area (TPSA) is 82.6 Å². The molecule has 0 aromatic carbocycles. The molecule has 3 heterocycles. The number of ether oxygens (including phenoxy) is 3. The molecule has 0 saturated carbocycles. The van der Waals surface area contributed by atoms with E-state index >= 15 is 0 Å². The Hall–Kier alpha value is -1.51. The van der Waals surface area contributed by atoms with Crippen LogP contribution in [-0.4, -0.2) is 33.7 Å². The number of hydrogen-bond donors (Lipinski definition) is 1.